The van der Waals surface area contributed by atoms with Crippen LogP contribution in [-0.2, 0) is 13.5 Å². The molecular weight excluding hydrogens is 196 g/mol. The number of fused-ring (bicyclic) bond motifs is 1. The first-order chi connectivity index (χ1) is 7.66. The van der Waals surface area contributed by atoms with Gasteiger partial charge in [0.25, 0.3) is 0 Å². The van der Waals surface area contributed by atoms with Gasteiger partial charge in [-0.2, -0.15) is 0 Å². The molecule has 90 valence electrons. The second-order valence-electron chi connectivity index (χ2n) is 3.79. The average Bonchev–Trinajstić information content (AvgIpc) is 2.57. The van der Waals surface area contributed by atoms with Gasteiger partial charge in [-0.05, 0) is 37.5 Å². The van der Waals surface area contributed by atoms with Gasteiger partial charge < -0.3 is 4.57 Å². The molecule has 0 aliphatic carbocycles. The Labute approximate surface area is 99.8 Å². The monoisotopic (exact) mass is 220 g/mol. The maximum atomic E-state index is 4.43. The van der Waals surface area contributed by atoms with E-state index in [1.807, 2.05) is 20.0 Å². The minimum atomic E-state index is 0. The standard InChI is InChI=1S/C12H16N2.C2H6.H2/c1-5-10-6-7-13-12-11(10)8(2)9(3)14(12)4;1-2;/h6-7H,5H2,1-4H3;1-2H3;1H. The third-order valence-electron chi connectivity index (χ3n) is 3.14. The molecule has 0 aliphatic heterocycles. The normalized spacial score (nSPS) is 10.1. The highest BCUT2D eigenvalue weighted by Crippen LogP contribution is 2.25. The number of rotatable bonds is 1. The molecule has 0 radical (unpaired) electrons. The van der Waals surface area contributed by atoms with Crippen LogP contribution in [0.3, 0.4) is 0 Å². The lowest BCUT2D eigenvalue weighted by atomic mass is 10.1. The molecule has 2 rings (SSSR count). The van der Waals surface area contributed by atoms with Crippen molar-refractivity contribution in [3.8, 4) is 0 Å². The zero-order valence-corrected chi connectivity index (χ0v) is 11.3. The quantitative estimate of drug-likeness (QED) is 0.709. The zero-order valence-electron chi connectivity index (χ0n) is 11.3. The molecule has 0 unspecified atom stereocenters. The second kappa shape index (κ2) is 5.15. The highest BCUT2D eigenvalue weighted by molar-refractivity contribution is 5.85. The molecule has 0 N–H and O–H groups in total. The SMILES string of the molecule is CC.CCc1ccnc2c1c(C)c(C)n2C.[HH]. The largest absolute Gasteiger partial charge is 0.333 e. The molecule has 16 heavy (non-hydrogen) atoms. The summed E-state index contributed by atoms with van der Waals surface area (Å²) in [5.74, 6) is 0. The van der Waals surface area contributed by atoms with E-state index in [4.69, 9.17) is 0 Å². The van der Waals surface area contributed by atoms with Crippen LogP contribution < -0.4 is 0 Å². The van der Waals surface area contributed by atoms with E-state index >= 15 is 0 Å². The van der Waals surface area contributed by atoms with E-state index in [0.717, 1.165) is 12.1 Å². The fourth-order valence-corrected chi connectivity index (χ4v) is 2.04. The van der Waals surface area contributed by atoms with Crippen molar-refractivity contribution in [1.82, 2.24) is 9.55 Å². The van der Waals surface area contributed by atoms with Gasteiger partial charge in [-0.15, -0.1) is 0 Å². The zero-order chi connectivity index (χ0) is 12.3. The molecule has 2 nitrogen and oxygen atoms in total. The molecule has 0 saturated carbocycles. The summed E-state index contributed by atoms with van der Waals surface area (Å²) in [6.07, 6.45) is 2.98. The van der Waals surface area contributed by atoms with Gasteiger partial charge in [-0.3, -0.25) is 0 Å². The third-order valence-corrected chi connectivity index (χ3v) is 3.14. The molecule has 0 aliphatic rings. The van der Waals surface area contributed by atoms with Crippen LogP contribution in [0.2, 0.25) is 0 Å². The Kier molecular flexibility index (Phi) is 4.11. The molecule has 0 spiro atoms. The van der Waals surface area contributed by atoms with E-state index in [0.29, 0.717) is 0 Å². The molecule has 2 aromatic rings. The first-order valence-electron chi connectivity index (χ1n) is 6.06. The molecule has 2 heteroatoms. The second-order valence-corrected chi connectivity index (χ2v) is 3.79. The Morgan fingerprint density at radius 3 is 2.50 bits per heavy atom. The van der Waals surface area contributed by atoms with E-state index in [9.17, 15) is 0 Å². The number of aryl methyl sites for hydroxylation is 3. The van der Waals surface area contributed by atoms with Crippen molar-refractivity contribution in [3.63, 3.8) is 0 Å². The minimum absolute atomic E-state index is 0. The average molecular weight is 220 g/mol. The summed E-state index contributed by atoms with van der Waals surface area (Å²) < 4.78 is 2.17. The summed E-state index contributed by atoms with van der Waals surface area (Å²) >= 11 is 0. The maximum Gasteiger partial charge on any atom is 0.140 e. The van der Waals surface area contributed by atoms with Gasteiger partial charge in [0.15, 0.2) is 0 Å². The van der Waals surface area contributed by atoms with Gasteiger partial charge >= 0.3 is 0 Å². The van der Waals surface area contributed by atoms with Crippen LogP contribution in [0.4, 0.5) is 0 Å². The predicted octanol–water partition coefficient (Wildman–Crippen LogP) is 4.02. The summed E-state index contributed by atoms with van der Waals surface area (Å²) in [4.78, 5) is 4.43. The lowest BCUT2D eigenvalue weighted by molar-refractivity contribution is 0.895. The number of aromatic nitrogens is 2. The number of hydrogen-bond donors (Lipinski definition) is 0. The van der Waals surface area contributed by atoms with Crippen LogP contribution in [-0.4, -0.2) is 9.55 Å². The van der Waals surface area contributed by atoms with E-state index in [2.05, 4.69) is 43.4 Å². The van der Waals surface area contributed by atoms with Gasteiger partial charge in [0.05, 0.1) is 0 Å². The summed E-state index contributed by atoms with van der Waals surface area (Å²) in [5, 5.41) is 1.34. The Morgan fingerprint density at radius 2 is 1.94 bits per heavy atom. The van der Waals surface area contributed by atoms with Crippen molar-refractivity contribution in [3.05, 3.63) is 29.1 Å². The Morgan fingerprint density at radius 1 is 1.31 bits per heavy atom. The number of pyridine rings is 1. The molecule has 2 heterocycles. The number of nitrogens with zero attached hydrogens (tertiary/aromatic N) is 2. The third kappa shape index (κ3) is 1.84. The van der Waals surface area contributed by atoms with Crippen molar-refractivity contribution in [2.45, 2.75) is 41.0 Å². The molecule has 0 saturated heterocycles. The first kappa shape index (κ1) is 12.8. The van der Waals surface area contributed by atoms with Crippen molar-refractivity contribution in [2.24, 2.45) is 7.05 Å². The van der Waals surface area contributed by atoms with Gasteiger partial charge in [-0.25, -0.2) is 4.98 Å². The van der Waals surface area contributed by atoms with Crippen LogP contribution in [0.25, 0.3) is 11.0 Å². The highest BCUT2D eigenvalue weighted by Gasteiger charge is 2.11. The lowest BCUT2D eigenvalue weighted by Crippen LogP contribution is -1.92. The molecule has 0 amide bonds. The van der Waals surface area contributed by atoms with Crippen molar-refractivity contribution in [1.29, 1.82) is 0 Å². The van der Waals surface area contributed by atoms with Crippen LogP contribution in [0.5, 0.6) is 0 Å². The molecule has 0 bridgehead atoms. The molecule has 0 fully saturated rings. The number of hydrogen-bond acceptors (Lipinski definition) is 1. The summed E-state index contributed by atoms with van der Waals surface area (Å²) in [6.45, 7) is 10.5. The van der Waals surface area contributed by atoms with Crippen molar-refractivity contribution < 1.29 is 1.43 Å². The van der Waals surface area contributed by atoms with Crippen LogP contribution in [0, 0.1) is 13.8 Å². The lowest BCUT2D eigenvalue weighted by Gasteiger charge is -2.00. The minimum Gasteiger partial charge on any atom is -0.333 e. The van der Waals surface area contributed by atoms with Gasteiger partial charge in [-0.1, -0.05) is 20.8 Å². The predicted molar refractivity (Wildman–Crippen MR) is 73.0 cm³/mol. The Bertz CT molecular complexity index is 486. The Balaban J connectivity index is 0.000000811. The fourth-order valence-electron chi connectivity index (χ4n) is 2.04. The van der Waals surface area contributed by atoms with Gasteiger partial charge in [0.1, 0.15) is 5.65 Å². The van der Waals surface area contributed by atoms with Crippen molar-refractivity contribution in [2.75, 3.05) is 0 Å². The molecule has 0 aromatic carbocycles. The fraction of sp³-hybridized carbons (Fsp3) is 0.500. The van der Waals surface area contributed by atoms with Crippen molar-refractivity contribution >= 4 is 11.0 Å². The van der Waals surface area contributed by atoms with E-state index in [1.54, 1.807) is 0 Å². The van der Waals surface area contributed by atoms with Crippen LogP contribution in [0.15, 0.2) is 12.3 Å². The maximum absolute atomic E-state index is 4.43. The van der Waals surface area contributed by atoms with Crippen LogP contribution in [0.1, 0.15) is 39.0 Å². The Hall–Kier alpha value is -1.31. The van der Waals surface area contributed by atoms with E-state index in [-0.39, 0.29) is 1.43 Å². The molecule has 0 atom stereocenters. The van der Waals surface area contributed by atoms with Gasteiger partial charge in [0.2, 0.25) is 0 Å². The van der Waals surface area contributed by atoms with Crippen LogP contribution >= 0.6 is 0 Å². The van der Waals surface area contributed by atoms with E-state index in [1.165, 1.54) is 22.2 Å². The summed E-state index contributed by atoms with van der Waals surface area (Å²) in [6, 6.07) is 2.12. The summed E-state index contributed by atoms with van der Waals surface area (Å²) in [5.41, 5.74) is 5.19. The first-order valence-corrected chi connectivity index (χ1v) is 6.06. The smallest absolute Gasteiger partial charge is 0.140 e. The topological polar surface area (TPSA) is 17.8 Å². The van der Waals surface area contributed by atoms with Gasteiger partial charge in [0, 0.05) is 25.8 Å². The van der Waals surface area contributed by atoms with E-state index < -0.39 is 0 Å². The summed E-state index contributed by atoms with van der Waals surface area (Å²) in [7, 11) is 2.08. The molecular formula is C14H24N2. The molecule has 2 aromatic heterocycles. The highest BCUT2D eigenvalue weighted by atomic mass is 15.0.